The highest BCUT2D eigenvalue weighted by atomic mass is 16.5. The summed E-state index contributed by atoms with van der Waals surface area (Å²) in [5, 5.41) is 3.49. The lowest BCUT2D eigenvalue weighted by Gasteiger charge is -2.40. The lowest BCUT2D eigenvalue weighted by molar-refractivity contribution is 0.0981. The zero-order valence-electron chi connectivity index (χ0n) is 13.8. The van der Waals surface area contributed by atoms with Crippen LogP contribution in [0.5, 0.6) is 5.75 Å². The Morgan fingerprint density at radius 1 is 1.22 bits per heavy atom. The van der Waals surface area contributed by atoms with Crippen molar-refractivity contribution < 1.29 is 9.53 Å². The average Bonchev–Trinajstić information content (AvgIpc) is 2.53. The summed E-state index contributed by atoms with van der Waals surface area (Å²) in [6, 6.07) is 15.3. The number of carbonyl (C=O) groups excluding carboxylic acids is 1. The molecular formula is C19H22N2O2. The van der Waals surface area contributed by atoms with Crippen molar-refractivity contribution in [2.75, 3.05) is 23.4 Å². The van der Waals surface area contributed by atoms with Gasteiger partial charge >= 0.3 is 0 Å². The molecule has 0 unspecified atom stereocenters. The number of nitrogens with zero attached hydrogens (tertiary/aromatic N) is 1. The Balaban J connectivity index is 1.97. The van der Waals surface area contributed by atoms with Gasteiger partial charge in [-0.1, -0.05) is 18.2 Å². The number of carbonyl (C=O) groups is 1. The van der Waals surface area contributed by atoms with Gasteiger partial charge in [-0.2, -0.15) is 0 Å². The van der Waals surface area contributed by atoms with E-state index in [1.54, 1.807) is 0 Å². The minimum atomic E-state index is -0.179. The van der Waals surface area contributed by atoms with E-state index in [1.165, 1.54) is 0 Å². The smallest absolute Gasteiger partial charge is 0.258 e. The highest BCUT2D eigenvalue weighted by Crippen LogP contribution is 2.35. The molecule has 0 spiro atoms. The second-order valence-corrected chi connectivity index (χ2v) is 6.38. The van der Waals surface area contributed by atoms with Crippen molar-refractivity contribution in [1.82, 2.24) is 0 Å². The van der Waals surface area contributed by atoms with Gasteiger partial charge in [0, 0.05) is 17.6 Å². The SMILES string of the molecule is CCOc1cccc(C(=O)N2CC(C)(C)Nc3ccccc32)c1. The van der Waals surface area contributed by atoms with Crippen LogP contribution in [-0.4, -0.2) is 24.6 Å². The molecule has 0 saturated heterocycles. The Morgan fingerprint density at radius 2 is 2.00 bits per heavy atom. The first-order chi connectivity index (χ1) is 11.0. The summed E-state index contributed by atoms with van der Waals surface area (Å²) >= 11 is 0. The van der Waals surface area contributed by atoms with Crippen LogP contribution in [0, 0.1) is 0 Å². The maximum Gasteiger partial charge on any atom is 0.258 e. The number of fused-ring (bicyclic) bond motifs is 1. The molecule has 4 nitrogen and oxygen atoms in total. The lowest BCUT2D eigenvalue weighted by atomic mass is 9.98. The highest BCUT2D eigenvalue weighted by Gasteiger charge is 2.33. The van der Waals surface area contributed by atoms with Gasteiger partial charge in [-0.15, -0.1) is 0 Å². The van der Waals surface area contributed by atoms with Crippen molar-refractivity contribution in [1.29, 1.82) is 0 Å². The van der Waals surface area contributed by atoms with Crippen molar-refractivity contribution in [3.8, 4) is 5.75 Å². The summed E-state index contributed by atoms with van der Waals surface area (Å²) in [5.74, 6) is 0.717. The fourth-order valence-corrected chi connectivity index (χ4v) is 2.92. The summed E-state index contributed by atoms with van der Waals surface area (Å²) in [6.07, 6.45) is 0. The van der Waals surface area contributed by atoms with E-state index in [9.17, 15) is 4.79 Å². The standard InChI is InChI=1S/C19H22N2O2/c1-4-23-15-9-7-8-14(12-15)18(22)21-13-19(2,3)20-16-10-5-6-11-17(16)21/h5-12,20H,4,13H2,1-3H3. The van der Waals surface area contributed by atoms with Gasteiger partial charge in [0.2, 0.25) is 0 Å². The van der Waals surface area contributed by atoms with Gasteiger partial charge in [0.15, 0.2) is 0 Å². The highest BCUT2D eigenvalue weighted by molar-refractivity contribution is 6.08. The molecule has 1 aliphatic heterocycles. The number of hydrogen-bond donors (Lipinski definition) is 1. The minimum absolute atomic E-state index is 0.00595. The van der Waals surface area contributed by atoms with Crippen molar-refractivity contribution in [3.05, 3.63) is 54.1 Å². The number of hydrogen-bond acceptors (Lipinski definition) is 3. The molecule has 0 radical (unpaired) electrons. The normalized spacial score (nSPS) is 15.5. The summed E-state index contributed by atoms with van der Waals surface area (Å²) < 4.78 is 5.51. The largest absolute Gasteiger partial charge is 0.494 e. The molecular weight excluding hydrogens is 288 g/mol. The van der Waals surface area contributed by atoms with E-state index in [2.05, 4.69) is 19.2 Å². The van der Waals surface area contributed by atoms with Gasteiger partial charge in [0.1, 0.15) is 5.75 Å². The first-order valence-electron chi connectivity index (χ1n) is 7.92. The number of anilines is 2. The number of rotatable bonds is 3. The molecule has 0 saturated carbocycles. The lowest BCUT2D eigenvalue weighted by Crippen LogP contribution is -2.50. The summed E-state index contributed by atoms with van der Waals surface area (Å²) in [6.45, 7) is 7.33. The van der Waals surface area contributed by atoms with E-state index in [0.717, 1.165) is 17.1 Å². The second-order valence-electron chi connectivity index (χ2n) is 6.38. The molecule has 0 fully saturated rings. The van der Waals surface area contributed by atoms with E-state index >= 15 is 0 Å². The fourth-order valence-electron chi connectivity index (χ4n) is 2.92. The topological polar surface area (TPSA) is 41.6 Å². The first-order valence-corrected chi connectivity index (χ1v) is 7.92. The third kappa shape index (κ3) is 3.16. The molecule has 2 aromatic rings. The van der Waals surface area contributed by atoms with Crippen LogP contribution in [0.1, 0.15) is 31.1 Å². The zero-order valence-corrected chi connectivity index (χ0v) is 13.8. The third-order valence-corrected chi connectivity index (χ3v) is 3.86. The molecule has 4 heteroatoms. The molecule has 120 valence electrons. The van der Waals surface area contributed by atoms with Crippen LogP contribution >= 0.6 is 0 Å². The van der Waals surface area contributed by atoms with Crippen molar-refractivity contribution in [2.24, 2.45) is 0 Å². The predicted octanol–water partition coefficient (Wildman–Crippen LogP) is 3.94. The van der Waals surface area contributed by atoms with Crippen LogP contribution < -0.4 is 15.0 Å². The third-order valence-electron chi connectivity index (χ3n) is 3.86. The molecule has 0 aliphatic carbocycles. The molecule has 0 atom stereocenters. The van der Waals surface area contributed by atoms with Crippen molar-refractivity contribution in [3.63, 3.8) is 0 Å². The number of nitrogens with one attached hydrogen (secondary N) is 1. The maximum absolute atomic E-state index is 13.0. The Labute approximate surface area is 137 Å². The molecule has 1 N–H and O–H groups in total. The molecule has 3 rings (SSSR count). The molecule has 1 amide bonds. The van der Waals surface area contributed by atoms with Crippen LogP contribution in [0.3, 0.4) is 0 Å². The van der Waals surface area contributed by atoms with Gasteiger partial charge in [0.25, 0.3) is 5.91 Å². The predicted molar refractivity (Wildman–Crippen MR) is 93.4 cm³/mol. The van der Waals surface area contributed by atoms with Gasteiger partial charge in [-0.05, 0) is 51.1 Å². The number of para-hydroxylation sites is 2. The minimum Gasteiger partial charge on any atom is -0.494 e. The molecule has 23 heavy (non-hydrogen) atoms. The monoisotopic (exact) mass is 310 g/mol. The molecule has 2 aromatic carbocycles. The van der Waals surface area contributed by atoms with Gasteiger partial charge in [-0.25, -0.2) is 0 Å². The van der Waals surface area contributed by atoms with Gasteiger partial charge < -0.3 is 15.0 Å². The summed E-state index contributed by atoms with van der Waals surface area (Å²) in [7, 11) is 0. The van der Waals surface area contributed by atoms with Crippen molar-refractivity contribution in [2.45, 2.75) is 26.3 Å². The first kappa shape index (κ1) is 15.4. The Bertz CT molecular complexity index is 725. The molecule has 0 bridgehead atoms. The van der Waals surface area contributed by atoms with E-state index in [-0.39, 0.29) is 11.4 Å². The average molecular weight is 310 g/mol. The zero-order chi connectivity index (χ0) is 16.4. The fraction of sp³-hybridized carbons (Fsp3) is 0.316. The van der Waals surface area contributed by atoms with Crippen LogP contribution in [0.25, 0.3) is 0 Å². The number of benzene rings is 2. The molecule has 0 aromatic heterocycles. The second kappa shape index (κ2) is 5.95. The van der Waals surface area contributed by atoms with E-state index in [4.69, 9.17) is 4.74 Å². The van der Waals surface area contributed by atoms with E-state index in [1.807, 2.05) is 60.4 Å². The maximum atomic E-state index is 13.0. The Morgan fingerprint density at radius 3 is 2.78 bits per heavy atom. The summed E-state index contributed by atoms with van der Waals surface area (Å²) in [5.41, 5.74) is 2.36. The Hall–Kier alpha value is -2.49. The molecule has 1 aliphatic rings. The van der Waals surface area contributed by atoms with Crippen LogP contribution in [0.15, 0.2) is 48.5 Å². The number of ether oxygens (including phenoxy) is 1. The Kier molecular flexibility index (Phi) is 3.99. The van der Waals surface area contributed by atoms with Gasteiger partial charge in [0.05, 0.1) is 18.0 Å². The van der Waals surface area contributed by atoms with E-state index in [0.29, 0.717) is 18.7 Å². The van der Waals surface area contributed by atoms with Crippen molar-refractivity contribution >= 4 is 17.3 Å². The van der Waals surface area contributed by atoms with E-state index < -0.39 is 0 Å². The van der Waals surface area contributed by atoms with Gasteiger partial charge in [-0.3, -0.25) is 4.79 Å². The van der Waals surface area contributed by atoms with Crippen LogP contribution in [-0.2, 0) is 0 Å². The quantitative estimate of drug-likeness (QED) is 0.933. The summed E-state index contributed by atoms with van der Waals surface area (Å²) in [4.78, 5) is 14.9. The van der Waals surface area contributed by atoms with Crippen LogP contribution in [0.4, 0.5) is 11.4 Å². The van der Waals surface area contributed by atoms with Crippen LogP contribution in [0.2, 0.25) is 0 Å². The number of amides is 1. The molecule has 1 heterocycles.